The average Bonchev–Trinajstić information content (AvgIpc) is 3.18. The fourth-order valence-corrected chi connectivity index (χ4v) is 3.17. The molecule has 2 aromatic heterocycles. The van der Waals surface area contributed by atoms with Crippen LogP contribution in [0.4, 0.5) is 11.4 Å². The van der Waals surface area contributed by atoms with E-state index >= 15 is 0 Å². The lowest BCUT2D eigenvalue weighted by Crippen LogP contribution is -2.01. The summed E-state index contributed by atoms with van der Waals surface area (Å²) in [5.41, 5.74) is 5.38. The van der Waals surface area contributed by atoms with E-state index in [1.54, 1.807) is 31.5 Å². The molecule has 0 unspecified atom stereocenters. The number of aromatic nitrogens is 3. The minimum absolute atomic E-state index is 0.116. The van der Waals surface area contributed by atoms with Crippen LogP contribution in [0.5, 0.6) is 0 Å². The minimum atomic E-state index is -0.370. The van der Waals surface area contributed by atoms with Crippen molar-refractivity contribution in [3.05, 3.63) is 100 Å². The van der Waals surface area contributed by atoms with Crippen molar-refractivity contribution in [3.8, 4) is 16.9 Å². The normalized spacial score (nSPS) is 10.7. The van der Waals surface area contributed by atoms with Gasteiger partial charge in [-0.1, -0.05) is 18.2 Å². The first-order chi connectivity index (χ1) is 14.1. The number of nitrogens with one attached hydrogen (secondary N) is 1. The number of benzene rings is 2. The van der Waals surface area contributed by atoms with Crippen molar-refractivity contribution in [3.63, 3.8) is 0 Å². The Morgan fingerprint density at radius 1 is 1.07 bits per heavy atom. The van der Waals surface area contributed by atoms with Crippen molar-refractivity contribution in [2.24, 2.45) is 0 Å². The van der Waals surface area contributed by atoms with Crippen LogP contribution >= 0.6 is 0 Å². The van der Waals surface area contributed by atoms with Gasteiger partial charge in [0.1, 0.15) is 0 Å². The largest absolute Gasteiger partial charge is 0.381 e. The molecular weight excluding hydrogens is 366 g/mol. The maximum atomic E-state index is 11.0. The van der Waals surface area contributed by atoms with Gasteiger partial charge in [-0.05, 0) is 43.3 Å². The molecule has 7 nitrogen and oxygen atoms in total. The van der Waals surface area contributed by atoms with E-state index in [1.807, 2.05) is 53.3 Å². The van der Waals surface area contributed by atoms with Crippen LogP contribution in [0.1, 0.15) is 11.1 Å². The molecule has 0 atom stereocenters. The fourth-order valence-electron chi connectivity index (χ4n) is 3.17. The summed E-state index contributed by atoms with van der Waals surface area (Å²) in [6.07, 6.45) is 5.48. The Bertz CT molecular complexity index is 1140. The SMILES string of the molecule is Cc1cc(NCc2cn(-c3ccccc3)nc2-c2ccncc2)ccc1[N+](=O)[O-]. The van der Waals surface area contributed by atoms with Gasteiger partial charge in [0.25, 0.3) is 5.69 Å². The smallest absolute Gasteiger partial charge is 0.272 e. The van der Waals surface area contributed by atoms with E-state index in [9.17, 15) is 10.1 Å². The first-order valence-electron chi connectivity index (χ1n) is 9.15. The highest BCUT2D eigenvalue weighted by Gasteiger charge is 2.14. The lowest BCUT2D eigenvalue weighted by molar-refractivity contribution is -0.385. The third-order valence-electron chi connectivity index (χ3n) is 4.64. The summed E-state index contributed by atoms with van der Waals surface area (Å²) in [4.78, 5) is 14.7. The van der Waals surface area contributed by atoms with Crippen molar-refractivity contribution in [2.75, 3.05) is 5.32 Å². The first-order valence-corrected chi connectivity index (χ1v) is 9.15. The van der Waals surface area contributed by atoms with Gasteiger partial charge < -0.3 is 5.32 Å². The molecule has 29 heavy (non-hydrogen) atoms. The quantitative estimate of drug-likeness (QED) is 0.382. The number of nitro benzene ring substituents is 1. The maximum Gasteiger partial charge on any atom is 0.272 e. The average molecular weight is 385 g/mol. The standard InChI is InChI=1S/C22H19N5O2/c1-16-13-19(7-8-21(16)27(28)29)24-14-18-15-26(20-5-3-2-4-6-20)25-22(18)17-9-11-23-12-10-17/h2-13,15,24H,14H2,1H3. The van der Waals surface area contributed by atoms with Crippen LogP contribution in [0, 0.1) is 17.0 Å². The molecular formula is C22H19N5O2. The van der Waals surface area contributed by atoms with Crippen molar-refractivity contribution >= 4 is 11.4 Å². The zero-order valence-corrected chi connectivity index (χ0v) is 15.8. The van der Waals surface area contributed by atoms with E-state index in [-0.39, 0.29) is 10.6 Å². The zero-order valence-electron chi connectivity index (χ0n) is 15.8. The van der Waals surface area contributed by atoms with Crippen molar-refractivity contribution < 1.29 is 4.92 Å². The third-order valence-corrected chi connectivity index (χ3v) is 4.64. The number of anilines is 1. The van der Waals surface area contributed by atoms with E-state index in [0.717, 1.165) is 28.2 Å². The molecule has 2 aromatic carbocycles. The number of aryl methyl sites for hydroxylation is 1. The number of pyridine rings is 1. The molecule has 0 amide bonds. The fraction of sp³-hybridized carbons (Fsp3) is 0.0909. The van der Waals surface area contributed by atoms with Crippen LogP contribution < -0.4 is 5.32 Å². The second-order valence-electron chi connectivity index (χ2n) is 6.63. The Hall–Kier alpha value is -4.00. The Kier molecular flexibility index (Phi) is 5.03. The van der Waals surface area contributed by atoms with Crippen molar-refractivity contribution in [2.45, 2.75) is 13.5 Å². The second-order valence-corrected chi connectivity index (χ2v) is 6.63. The van der Waals surface area contributed by atoms with Gasteiger partial charge >= 0.3 is 0 Å². The summed E-state index contributed by atoms with van der Waals surface area (Å²) in [5, 5.41) is 19.1. The Balaban J connectivity index is 1.65. The number of nitrogens with zero attached hydrogens (tertiary/aromatic N) is 4. The number of hydrogen-bond donors (Lipinski definition) is 1. The predicted molar refractivity (Wildman–Crippen MR) is 112 cm³/mol. The topological polar surface area (TPSA) is 85.9 Å². The Morgan fingerprint density at radius 2 is 1.83 bits per heavy atom. The number of nitro groups is 1. The summed E-state index contributed by atoms with van der Waals surface area (Å²) in [7, 11) is 0. The molecule has 0 spiro atoms. The monoisotopic (exact) mass is 385 g/mol. The summed E-state index contributed by atoms with van der Waals surface area (Å²) in [6, 6.07) is 18.8. The number of hydrogen-bond acceptors (Lipinski definition) is 5. The number of rotatable bonds is 6. The van der Waals surface area contributed by atoms with E-state index in [0.29, 0.717) is 12.1 Å². The van der Waals surface area contributed by atoms with Crippen LogP contribution in [-0.4, -0.2) is 19.7 Å². The van der Waals surface area contributed by atoms with Crippen LogP contribution in [-0.2, 0) is 6.54 Å². The molecule has 4 aromatic rings. The lowest BCUT2D eigenvalue weighted by atomic mass is 10.1. The molecule has 7 heteroatoms. The van der Waals surface area contributed by atoms with Crippen LogP contribution in [0.3, 0.4) is 0 Å². The lowest BCUT2D eigenvalue weighted by Gasteiger charge is -2.08. The molecule has 1 N–H and O–H groups in total. The Labute approximate surface area is 167 Å². The molecule has 2 heterocycles. The highest BCUT2D eigenvalue weighted by Crippen LogP contribution is 2.26. The molecule has 0 aliphatic rings. The van der Waals surface area contributed by atoms with E-state index in [2.05, 4.69) is 10.3 Å². The predicted octanol–water partition coefficient (Wildman–Crippen LogP) is 4.76. The van der Waals surface area contributed by atoms with Crippen molar-refractivity contribution in [1.82, 2.24) is 14.8 Å². The summed E-state index contributed by atoms with van der Waals surface area (Å²) in [6.45, 7) is 2.26. The van der Waals surface area contributed by atoms with Gasteiger partial charge in [0.2, 0.25) is 0 Å². The van der Waals surface area contributed by atoms with Gasteiger partial charge in [0, 0.05) is 53.6 Å². The van der Waals surface area contributed by atoms with Gasteiger partial charge in [0.15, 0.2) is 0 Å². The molecule has 0 saturated carbocycles. The van der Waals surface area contributed by atoms with E-state index in [4.69, 9.17) is 5.10 Å². The van der Waals surface area contributed by atoms with Gasteiger partial charge in [0.05, 0.1) is 16.3 Å². The highest BCUT2D eigenvalue weighted by molar-refractivity contribution is 5.63. The van der Waals surface area contributed by atoms with Gasteiger partial charge in [-0.3, -0.25) is 15.1 Å². The molecule has 144 valence electrons. The van der Waals surface area contributed by atoms with Gasteiger partial charge in [-0.15, -0.1) is 0 Å². The van der Waals surface area contributed by atoms with Gasteiger partial charge in [-0.25, -0.2) is 4.68 Å². The first kappa shape index (κ1) is 18.4. The highest BCUT2D eigenvalue weighted by atomic mass is 16.6. The van der Waals surface area contributed by atoms with Crippen LogP contribution in [0.25, 0.3) is 16.9 Å². The summed E-state index contributed by atoms with van der Waals surface area (Å²) >= 11 is 0. The molecule has 0 aliphatic carbocycles. The molecule has 0 saturated heterocycles. The minimum Gasteiger partial charge on any atom is -0.381 e. The van der Waals surface area contributed by atoms with E-state index < -0.39 is 0 Å². The Morgan fingerprint density at radius 3 is 2.52 bits per heavy atom. The third kappa shape index (κ3) is 3.98. The van der Waals surface area contributed by atoms with E-state index in [1.165, 1.54) is 6.07 Å². The summed E-state index contributed by atoms with van der Waals surface area (Å²) < 4.78 is 1.86. The molecule has 4 rings (SSSR count). The molecule has 0 fully saturated rings. The van der Waals surface area contributed by atoms with Crippen LogP contribution in [0.15, 0.2) is 79.3 Å². The molecule has 0 radical (unpaired) electrons. The molecule has 0 aliphatic heterocycles. The van der Waals surface area contributed by atoms with Crippen molar-refractivity contribution in [1.29, 1.82) is 0 Å². The number of para-hydroxylation sites is 1. The summed E-state index contributed by atoms with van der Waals surface area (Å²) in [5.74, 6) is 0. The van der Waals surface area contributed by atoms with Gasteiger partial charge in [-0.2, -0.15) is 5.10 Å². The maximum absolute atomic E-state index is 11.0. The molecule has 0 bridgehead atoms. The zero-order chi connectivity index (χ0) is 20.2. The van der Waals surface area contributed by atoms with Crippen LogP contribution in [0.2, 0.25) is 0 Å². The second kappa shape index (κ2) is 7.93.